The summed E-state index contributed by atoms with van der Waals surface area (Å²) in [6, 6.07) is 0.995. The number of aromatic amines is 1. The monoisotopic (exact) mass is 420 g/mol. The van der Waals surface area contributed by atoms with Crippen molar-refractivity contribution in [3.8, 4) is 0 Å². The van der Waals surface area contributed by atoms with Gasteiger partial charge in [0.2, 0.25) is 0 Å². The fourth-order valence-electron chi connectivity index (χ4n) is 2.05. The number of hydrogen-bond donors (Lipinski definition) is 6. The minimum atomic E-state index is -5.11. The van der Waals surface area contributed by atoms with Gasteiger partial charge in [0.25, 0.3) is 5.56 Å². The first-order valence-electron chi connectivity index (χ1n) is 6.47. The lowest BCUT2D eigenvalue weighted by molar-refractivity contribution is -0.0527. The first kappa shape index (κ1) is 20.6. The maximum Gasteiger partial charge on any atom is 0.476 e. The molecule has 1 aliphatic rings. The highest BCUT2D eigenvalue weighted by Crippen LogP contribution is 2.58. The second-order valence-corrected chi connectivity index (χ2v) is 9.11. The summed E-state index contributed by atoms with van der Waals surface area (Å²) in [7, 11) is -5.11. The Balaban J connectivity index is 2.09. The van der Waals surface area contributed by atoms with Crippen LogP contribution >= 0.6 is 14.5 Å². The van der Waals surface area contributed by atoms with Gasteiger partial charge in [-0.1, -0.05) is 0 Å². The van der Waals surface area contributed by atoms with E-state index in [1.165, 1.54) is 0 Å². The van der Waals surface area contributed by atoms with Crippen LogP contribution in [0, 0.1) is 0 Å². The zero-order valence-electron chi connectivity index (χ0n) is 12.1. The quantitative estimate of drug-likeness (QED) is 0.265. The molecule has 1 fully saturated rings. The summed E-state index contributed by atoms with van der Waals surface area (Å²) in [5.74, 6) is 0. The number of nitrogens with zero attached hydrogens (tertiary/aromatic N) is 1. The summed E-state index contributed by atoms with van der Waals surface area (Å²) >= 11 is 4.39. The molecule has 0 aliphatic carbocycles. The molecule has 2 rings (SSSR count). The molecule has 1 aliphatic heterocycles. The Morgan fingerprint density at radius 1 is 1.28 bits per heavy atom. The van der Waals surface area contributed by atoms with Crippen molar-refractivity contribution in [1.29, 1.82) is 0 Å². The third-order valence-electron chi connectivity index (χ3n) is 3.07. The normalized spacial score (nSPS) is 29.5. The molecule has 1 unspecified atom stereocenters. The van der Waals surface area contributed by atoms with Crippen molar-refractivity contribution in [3.63, 3.8) is 0 Å². The number of rotatable bonds is 6. The summed E-state index contributed by atoms with van der Waals surface area (Å²) in [5.41, 5.74) is -1.58. The van der Waals surface area contributed by atoms with E-state index in [2.05, 4.69) is 20.6 Å². The fraction of sp³-hybridized carbons (Fsp3) is 0.556. The van der Waals surface area contributed by atoms with E-state index in [-0.39, 0.29) is 0 Å². The molecule has 1 saturated heterocycles. The van der Waals surface area contributed by atoms with Gasteiger partial charge >= 0.3 is 20.2 Å². The molecule has 0 aromatic carbocycles. The molecule has 0 saturated carbocycles. The molecule has 5 atom stereocenters. The average molecular weight is 420 g/mol. The van der Waals surface area contributed by atoms with Crippen LogP contribution in [0.25, 0.3) is 0 Å². The standard InChI is InChI=1S/C9H14N2O11P2S/c12-5-1-2-11(9(15)10-5)8-7(14)6(13)4(21-8)3-20-24(19,25)22-23(16,17)18/h1-2,4,6-8,13-14H,3H2,(H,19,25)(H,10,12,15)(H2,16,17,18)/t4-,6-,7-,8-,24?/m1/s1. The zero-order valence-corrected chi connectivity index (χ0v) is 14.7. The fourth-order valence-corrected chi connectivity index (χ4v) is 4.61. The Bertz CT molecular complexity index is 833. The van der Waals surface area contributed by atoms with Gasteiger partial charge in [-0.2, -0.15) is 0 Å². The number of ether oxygens (including phenoxy) is 1. The summed E-state index contributed by atoms with van der Waals surface area (Å²) in [5, 5.41) is 19.9. The number of aliphatic hydroxyl groups excluding tert-OH is 2. The van der Waals surface area contributed by atoms with Crippen molar-refractivity contribution in [1.82, 2.24) is 9.55 Å². The van der Waals surface area contributed by atoms with Crippen LogP contribution in [-0.2, 0) is 29.9 Å². The van der Waals surface area contributed by atoms with Gasteiger partial charge in [-0.15, -0.1) is 0 Å². The second kappa shape index (κ2) is 7.47. The first-order chi connectivity index (χ1) is 11.4. The van der Waals surface area contributed by atoms with Gasteiger partial charge in [-0.3, -0.25) is 14.3 Å². The summed E-state index contributed by atoms with van der Waals surface area (Å²) in [6.07, 6.45) is -4.84. The van der Waals surface area contributed by atoms with Crippen LogP contribution in [0.2, 0.25) is 0 Å². The predicted octanol–water partition coefficient (Wildman–Crippen LogP) is -2.50. The molecule has 2 heterocycles. The molecule has 1 aromatic rings. The van der Waals surface area contributed by atoms with E-state index in [0.29, 0.717) is 0 Å². The number of aliphatic hydroxyl groups is 2. The van der Waals surface area contributed by atoms with Crippen molar-refractivity contribution in [2.45, 2.75) is 24.5 Å². The highest BCUT2D eigenvalue weighted by Gasteiger charge is 2.45. The Morgan fingerprint density at radius 2 is 1.92 bits per heavy atom. The van der Waals surface area contributed by atoms with E-state index < -0.39 is 56.9 Å². The minimum absolute atomic E-state index is 0.676. The zero-order chi connectivity index (χ0) is 19.0. The Kier molecular flexibility index (Phi) is 6.14. The van der Waals surface area contributed by atoms with Crippen LogP contribution in [0.5, 0.6) is 0 Å². The molecule has 0 bridgehead atoms. The predicted molar refractivity (Wildman–Crippen MR) is 82.8 cm³/mol. The van der Waals surface area contributed by atoms with Gasteiger partial charge in [-0.05, 0) is 11.8 Å². The molecule has 13 nitrogen and oxygen atoms in total. The van der Waals surface area contributed by atoms with Crippen molar-refractivity contribution in [2.75, 3.05) is 6.61 Å². The summed E-state index contributed by atoms with van der Waals surface area (Å²) in [6.45, 7) is -5.03. The van der Waals surface area contributed by atoms with Gasteiger partial charge in [0, 0.05) is 12.3 Å². The maximum absolute atomic E-state index is 11.7. The summed E-state index contributed by atoms with van der Waals surface area (Å²) < 4.78 is 25.3. The molecule has 142 valence electrons. The number of hydrogen-bond acceptors (Lipinski definition) is 9. The van der Waals surface area contributed by atoms with E-state index in [0.717, 1.165) is 16.8 Å². The number of H-pyrrole nitrogens is 1. The molecular formula is C9H14N2O11P2S. The molecule has 1 aromatic heterocycles. The lowest BCUT2D eigenvalue weighted by Gasteiger charge is -2.19. The molecule has 0 radical (unpaired) electrons. The molecule has 25 heavy (non-hydrogen) atoms. The lowest BCUT2D eigenvalue weighted by Crippen LogP contribution is -2.37. The third kappa shape index (κ3) is 5.36. The highest BCUT2D eigenvalue weighted by molar-refractivity contribution is 8.08. The minimum Gasteiger partial charge on any atom is -0.387 e. The molecule has 6 N–H and O–H groups in total. The number of aromatic nitrogens is 2. The lowest BCUT2D eigenvalue weighted by atomic mass is 10.1. The van der Waals surface area contributed by atoms with Crippen LogP contribution in [0.15, 0.2) is 21.9 Å². The van der Waals surface area contributed by atoms with E-state index in [9.17, 15) is 29.3 Å². The van der Waals surface area contributed by atoms with E-state index >= 15 is 0 Å². The number of nitrogens with one attached hydrogen (secondary N) is 1. The topological polar surface area (TPSA) is 201 Å². The maximum atomic E-state index is 11.7. The van der Waals surface area contributed by atoms with Crippen LogP contribution in [0.1, 0.15) is 6.23 Å². The molecule has 0 spiro atoms. The van der Waals surface area contributed by atoms with E-state index in [4.69, 9.17) is 14.5 Å². The van der Waals surface area contributed by atoms with Gasteiger partial charge in [0.05, 0.1) is 6.61 Å². The third-order valence-corrected chi connectivity index (χ3v) is 6.14. The van der Waals surface area contributed by atoms with E-state index in [1.54, 1.807) is 0 Å². The van der Waals surface area contributed by atoms with Crippen molar-refractivity contribution in [3.05, 3.63) is 33.1 Å². The second-order valence-electron chi connectivity index (χ2n) is 4.90. The number of phosphoric acid groups is 1. The Morgan fingerprint density at radius 3 is 2.48 bits per heavy atom. The van der Waals surface area contributed by atoms with Crippen molar-refractivity contribution >= 4 is 26.3 Å². The van der Waals surface area contributed by atoms with Crippen LogP contribution in [0.3, 0.4) is 0 Å². The van der Waals surface area contributed by atoms with Gasteiger partial charge in [0.15, 0.2) is 6.23 Å². The van der Waals surface area contributed by atoms with Crippen molar-refractivity contribution < 1.29 is 43.0 Å². The van der Waals surface area contributed by atoms with Crippen LogP contribution in [-0.4, -0.2) is 59.4 Å². The summed E-state index contributed by atoms with van der Waals surface area (Å²) in [4.78, 5) is 51.4. The van der Waals surface area contributed by atoms with Crippen LogP contribution in [0.4, 0.5) is 0 Å². The van der Waals surface area contributed by atoms with Gasteiger partial charge in [0.1, 0.15) is 18.3 Å². The van der Waals surface area contributed by atoms with Gasteiger partial charge < -0.3 is 34.2 Å². The van der Waals surface area contributed by atoms with E-state index in [1.807, 2.05) is 4.98 Å². The highest BCUT2D eigenvalue weighted by atomic mass is 32.5. The average Bonchev–Trinajstić information content (AvgIpc) is 2.71. The smallest absolute Gasteiger partial charge is 0.387 e. The Hall–Kier alpha value is -0.760. The van der Waals surface area contributed by atoms with Crippen LogP contribution < -0.4 is 11.2 Å². The Labute approximate surface area is 143 Å². The molecular weight excluding hydrogens is 406 g/mol. The van der Waals surface area contributed by atoms with Gasteiger partial charge in [-0.25, -0.2) is 13.7 Å². The molecule has 0 amide bonds. The molecule has 16 heteroatoms. The largest absolute Gasteiger partial charge is 0.476 e. The van der Waals surface area contributed by atoms with Crippen molar-refractivity contribution in [2.24, 2.45) is 0 Å². The SMILES string of the molecule is O=c1ccn([C@@H]2O[C@H](COP(O)(=S)OP(=O)(O)O)[C@@H](O)[C@H]2O)c(=O)[nH]1. The first-order valence-corrected chi connectivity index (χ1v) is 10.6.